The minimum Gasteiger partial charge on any atom is -0.379 e. The maximum absolute atomic E-state index is 11.5. The van der Waals surface area contributed by atoms with E-state index in [-0.39, 0.29) is 5.78 Å². The van der Waals surface area contributed by atoms with Crippen LogP contribution in [0.2, 0.25) is 0 Å². The average Bonchev–Trinajstić information content (AvgIpc) is 2.42. The van der Waals surface area contributed by atoms with Gasteiger partial charge in [0.05, 0.1) is 13.2 Å². The van der Waals surface area contributed by atoms with Gasteiger partial charge in [0.25, 0.3) is 0 Å². The van der Waals surface area contributed by atoms with Gasteiger partial charge in [-0.2, -0.15) is 0 Å². The maximum atomic E-state index is 11.5. The summed E-state index contributed by atoms with van der Waals surface area (Å²) in [5.41, 5.74) is 1.94. The third-order valence-corrected chi connectivity index (χ3v) is 2.85. The summed E-state index contributed by atoms with van der Waals surface area (Å²) in [4.78, 5) is 11.5. The van der Waals surface area contributed by atoms with Crippen molar-refractivity contribution >= 4 is 5.78 Å². The molecule has 0 N–H and O–H groups in total. The Bertz CT molecular complexity index is 374. The molecule has 0 bridgehead atoms. The van der Waals surface area contributed by atoms with Crippen molar-refractivity contribution in [2.24, 2.45) is 0 Å². The quantitative estimate of drug-likeness (QED) is 0.480. The minimum atomic E-state index is 0.129. The third-order valence-electron chi connectivity index (χ3n) is 2.85. The van der Waals surface area contributed by atoms with E-state index in [4.69, 9.17) is 9.47 Å². The normalized spacial score (nSPS) is 10.6. The van der Waals surface area contributed by atoms with Gasteiger partial charge in [-0.25, -0.2) is 0 Å². The fourth-order valence-corrected chi connectivity index (χ4v) is 1.91. The Labute approximate surface area is 115 Å². The predicted molar refractivity (Wildman–Crippen MR) is 76.7 cm³/mol. The largest absolute Gasteiger partial charge is 0.379 e. The maximum Gasteiger partial charge on any atom is 0.160 e. The molecule has 0 atom stereocenters. The summed E-state index contributed by atoms with van der Waals surface area (Å²) in [6.45, 7) is 6.52. The lowest BCUT2D eigenvalue weighted by Gasteiger charge is -2.07. The van der Waals surface area contributed by atoms with E-state index in [2.05, 4.69) is 6.92 Å². The van der Waals surface area contributed by atoms with Crippen LogP contribution in [0.4, 0.5) is 0 Å². The molecular formula is C16H24O3. The highest BCUT2D eigenvalue weighted by Crippen LogP contribution is 2.11. The van der Waals surface area contributed by atoms with Crippen LogP contribution in [0.15, 0.2) is 24.3 Å². The molecule has 1 aromatic carbocycles. The fourth-order valence-electron chi connectivity index (χ4n) is 1.91. The SMILES string of the molecule is CCCOCCOCCCc1ccccc1C(C)=O. The van der Waals surface area contributed by atoms with Gasteiger partial charge in [0.15, 0.2) is 5.78 Å². The molecule has 3 heteroatoms. The first-order chi connectivity index (χ1) is 9.25. The molecule has 0 heterocycles. The standard InChI is InChI=1S/C16H24O3/c1-3-10-18-12-13-19-11-6-8-15-7-4-5-9-16(15)14(2)17/h4-5,7,9H,3,6,8,10-13H2,1-2H3. The molecule has 106 valence electrons. The van der Waals surface area contributed by atoms with Crippen LogP contribution >= 0.6 is 0 Å². The van der Waals surface area contributed by atoms with Gasteiger partial charge in [0.1, 0.15) is 0 Å². The van der Waals surface area contributed by atoms with E-state index < -0.39 is 0 Å². The molecule has 0 aliphatic carbocycles. The zero-order valence-electron chi connectivity index (χ0n) is 12.0. The minimum absolute atomic E-state index is 0.129. The first-order valence-electron chi connectivity index (χ1n) is 7.00. The first-order valence-corrected chi connectivity index (χ1v) is 7.00. The summed E-state index contributed by atoms with van der Waals surface area (Å²) in [7, 11) is 0. The molecule has 0 aliphatic heterocycles. The van der Waals surface area contributed by atoms with E-state index in [0.29, 0.717) is 19.8 Å². The van der Waals surface area contributed by atoms with Crippen molar-refractivity contribution in [3.63, 3.8) is 0 Å². The van der Waals surface area contributed by atoms with Gasteiger partial charge in [0, 0.05) is 18.8 Å². The second kappa shape index (κ2) is 9.70. The monoisotopic (exact) mass is 264 g/mol. The zero-order valence-corrected chi connectivity index (χ0v) is 12.0. The number of rotatable bonds is 10. The Morgan fingerprint density at radius 3 is 2.42 bits per heavy atom. The number of aryl methyl sites for hydroxylation is 1. The number of hydrogen-bond donors (Lipinski definition) is 0. The van der Waals surface area contributed by atoms with E-state index >= 15 is 0 Å². The number of carbonyl (C=O) groups excluding carboxylic acids is 1. The fraction of sp³-hybridized carbons (Fsp3) is 0.562. The van der Waals surface area contributed by atoms with Crippen LogP contribution in [0.5, 0.6) is 0 Å². The highest BCUT2D eigenvalue weighted by Gasteiger charge is 2.05. The molecule has 3 nitrogen and oxygen atoms in total. The van der Waals surface area contributed by atoms with Gasteiger partial charge in [-0.1, -0.05) is 31.2 Å². The summed E-state index contributed by atoms with van der Waals surface area (Å²) in [5.74, 6) is 0.129. The Kier molecular flexibility index (Phi) is 8.10. The van der Waals surface area contributed by atoms with Crippen molar-refractivity contribution < 1.29 is 14.3 Å². The number of Topliss-reactive ketones (excluding diaryl/α,β-unsaturated/α-hetero) is 1. The van der Waals surface area contributed by atoms with Gasteiger partial charge in [-0.15, -0.1) is 0 Å². The molecule has 0 fully saturated rings. The molecule has 0 spiro atoms. The molecule has 0 saturated carbocycles. The van der Waals surface area contributed by atoms with E-state index in [9.17, 15) is 4.79 Å². The van der Waals surface area contributed by atoms with E-state index in [0.717, 1.165) is 37.0 Å². The molecule has 1 aromatic rings. The Hall–Kier alpha value is -1.19. The number of benzene rings is 1. The van der Waals surface area contributed by atoms with Crippen molar-refractivity contribution in [3.05, 3.63) is 35.4 Å². The smallest absolute Gasteiger partial charge is 0.160 e. The van der Waals surface area contributed by atoms with Crippen LogP contribution in [0, 0.1) is 0 Å². The average molecular weight is 264 g/mol. The molecule has 0 unspecified atom stereocenters. The summed E-state index contributed by atoms with van der Waals surface area (Å²) in [6.07, 6.45) is 2.85. The molecule has 0 aliphatic rings. The van der Waals surface area contributed by atoms with E-state index in [1.165, 1.54) is 0 Å². The third kappa shape index (κ3) is 6.50. The molecular weight excluding hydrogens is 240 g/mol. The van der Waals surface area contributed by atoms with Crippen molar-refractivity contribution in [3.8, 4) is 0 Å². The van der Waals surface area contributed by atoms with Gasteiger partial charge >= 0.3 is 0 Å². The zero-order chi connectivity index (χ0) is 13.9. The first kappa shape index (κ1) is 15.9. The Balaban J connectivity index is 2.17. The lowest BCUT2D eigenvalue weighted by atomic mass is 10.0. The lowest BCUT2D eigenvalue weighted by molar-refractivity contribution is 0.0472. The second-order valence-corrected chi connectivity index (χ2v) is 4.54. The van der Waals surface area contributed by atoms with E-state index in [1.54, 1.807) is 6.92 Å². The molecule has 0 saturated heterocycles. The van der Waals surface area contributed by atoms with Crippen molar-refractivity contribution in [2.45, 2.75) is 33.1 Å². The van der Waals surface area contributed by atoms with Crippen molar-refractivity contribution in [1.82, 2.24) is 0 Å². The lowest BCUT2D eigenvalue weighted by Crippen LogP contribution is -2.07. The molecule has 0 amide bonds. The Morgan fingerprint density at radius 1 is 1.05 bits per heavy atom. The summed E-state index contributed by atoms with van der Waals surface area (Å²) in [6, 6.07) is 7.78. The van der Waals surface area contributed by atoms with Crippen LogP contribution in [0.1, 0.15) is 42.6 Å². The number of ether oxygens (including phenoxy) is 2. The van der Waals surface area contributed by atoms with Crippen LogP contribution in [0.25, 0.3) is 0 Å². The molecule has 19 heavy (non-hydrogen) atoms. The molecule has 1 rings (SSSR count). The van der Waals surface area contributed by atoms with Gasteiger partial charge in [-0.05, 0) is 31.7 Å². The van der Waals surface area contributed by atoms with Crippen molar-refractivity contribution in [2.75, 3.05) is 26.4 Å². The van der Waals surface area contributed by atoms with Crippen LogP contribution < -0.4 is 0 Å². The predicted octanol–water partition coefficient (Wildman–Crippen LogP) is 3.27. The second-order valence-electron chi connectivity index (χ2n) is 4.54. The van der Waals surface area contributed by atoms with Crippen LogP contribution in [-0.2, 0) is 15.9 Å². The topological polar surface area (TPSA) is 35.5 Å². The van der Waals surface area contributed by atoms with Gasteiger partial charge < -0.3 is 9.47 Å². The van der Waals surface area contributed by atoms with Crippen molar-refractivity contribution in [1.29, 1.82) is 0 Å². The van der Waals surface area contributed by atoms with Gasteiger partial charge in [0.2, 0.25) is 0 Å². The molecule has 0 aromatic heterocycles. The van der Waals surface area contributed by atoms with Crippen LogP contribution in [-0.4, -0.2) is 32.2 Å². The Morgan fingerprint density at radius 2 is 1.74 bits per heavy atom. The summed E-state index contributed by atoms with van der Waals surface area (Å²) in [5, 5.41) is 0. The van der Waals surface area contributed by atoms with Gasteiger partial charge in [-0.3, -0.25) is 4.79 Å². The van der Waals surface area contributed by atoms with Crippen LogP contribution in [0.3, 0.4) is 0 Å². The van der Waals surface area contributed by atoms with E-state index in [1.807, 2.05) is 24.3 Å². The number of hydrogen-bond acceptors (Lipinski definition) is 3. The highest BCUT2D eigenvalue weighted by molar-refractivity contribution is 5.95. The molecule has 0 radical (unpaired) electrons. The summed E-state index contributed by atoms with van der Waals surface area (Å²) < 4.78 is 10.8. The number of ketones is 1. The highest BCUT2D eigenvalue weighted by atomic mass is 16.5. The number of carbonyl (C=O) groups is 1. The summed E-state index contributed by atoms with van der Waals surface area (Å²) >= 11 is 0.